The molecule has 11 aromatic rings. The Labute approximate surface area is 310 Å². The number of rotatable bonds is 5. The van der Waals surface area contributed by atoms with Gasteiger partial charge in [-0.25, -0.2) is 0 Å². The quantitative estimate of drug-likeness (QED) is 0.167. The normalized spacial score (nSPS) is 11.8. The van der Waals surface area contributed by atoms with Gasteiger partial charge in [-0.1, -0.05) is 140 Å². The molecular formula is C50H31NOS. The lowest BCUT2D eigenvalue weighted by Gasteiger charge is -2.26. The summed E-state index contributed by atoms with van der Waals surface area (Å²) in [5.41, 5.74) is 9.71. The molecule has 0 saturated carbocycles. The van der Waals surface area contributed by atoms with Gasteiger partial charge in [0.15, 0.2) is 5.58 Å². The minimum absolute atomic E-state index is 0.866. The number of benzene rings is 9. The zero-order chi connectivity index (χ0) is 34.9. The van der Waals surface area contributed by atoms with Gasteiger partial charge >= 0.3 is 0 Å². The number of anilines is 3. The lowest BCUT2D eigenvalue weighted by Crippen LogP contribution is -2.10. The molecule has 2 heterocycles. The van der Waals surface area contributed by atoms with Gasteiger partial charge in [-0.05, 0) is 92.3 Å². The Morgan fingerprint density at radius 1 is 0.396 bits per heavy atom. The first-order valence-electron chi connectivity index (χ1n) is 18.0. The molecule has 0 fully saturated rings. The van der Waals surface area contributed by atoms with Crippen LogP contribution in [-0.2, 0) is 0 Å². The van der Waals surface area contributed by atoms with Crippen LogP contribution in [-0.4, -0.2) is 0 Å². The fourth-order valence-electron chi connectivity index (χ4n) is 8.09. The van der Waals surface area contributed by atoms with Crippen LogP contribution >= 0.6 is 11.3 Å². The van der Waals surface area contributed by atoms with E-state index in [1.807, 2.05) is 11.3 Å². The summed E-state index contributed by atoms with van der Waals surface area (Å²) in [4.78, 5) is 2.35. The Bertz CT molecular complexity index is 3170. The van der Waals surface area contributed by atoms with Crippen LogP contribution in [0, 0.1) is 0 Å². The molecule has 0 aliphatic heterocycles. The maximum absolute atomic E-state index is 6.79. The van der Waals surface area contributed by atoms with Gasteiger partial charge in [-0.3, -0.25) is 0 Å². The van der Waals surface area contributed by atoms with Crippen molar-refractivity contribution in [1.29, 1.82) is 0 Å². The van der Waals surface area contributed by atoms with Gasteiger partial charge in [0.2, 0.25) is 0 Å². The van der Waals surface area contributed by atoms with Gasteiger partial charge in [0, 0.05) is 42.3 Å². The first kappa shape index (κ1) is 30.0. The number of thiophene rings is 1. The van der Waals surface area contributed by atoms with E-state index in [0.29, 0.717) is 0 Å². The first-order chi connectivity index (χ1) is 26.3. The molecule has 0 amide bonds. The number of hydrogen-bond acceptors (Lipinski definition) is 3. The molecule has 9 aromatic carbocycles. The third-order valence-corrected chi connectivity index (χ3v) is 11.9. The van der Waals surface area contributed by atoms with E-state index in [-0.39, 0.29) is 0 Å². The van der Waals surface area contributed by atoms with Gasteiger partial charge in [0.1, 0.15) is 5.58 Å². The standard InChI is InChI=1S/C50H31NOS/c1-2-10-32(11-3-1)36-25-29-47-45(30-36)42-16-9-18-46(49(42)52-47)51(38-28-24-35-21-20-33-12-4-5-13-39(33)44(35)31-38)37-26-22-34(23-27-37)40-15-8-17-43-41-14-6-7-19-48(41)53-50(40)43/h1-31H. The van der Waals surface area contributed by atoms with Crippen LogP contribution in [0.5, 0.6) is 0 Å². The van der Waals surface area contributed by atoms with Gasteiger partial charge < -0.3 is 9.32 Å². The fourth-order valence-corrected chi connectivity index (χ4v) is 9.33. The van der Waals surface area contributed by atoms with Crippen molar-refractivity contribution >= 4 is 92.1 Å². The Morgan fingerprint density at radius 3 is 1.96 bits per heavy atom. The Morgan fingerprint density at radius 2 is 1.08 bits per heavy atom. The van der Waals surface area contributed by atoms with Gasteiger partial charge in [-0.2, -0.15) is 0 Å². The summed E-state index contributed by atoms with van der Waals surface area (Å²) >= 11 is 1.87. The summed E-state index contributed by atoms with van der Waals surface area (Å²) in [5.74, 6) is 0. The highest BCUT2D eigenvalue weighted by Crippen LogP contribution is 2.45. The van der Waals surface area contributed by atoms with Crippen molar-refractivity contribution in [3.63, 3.8) is 0 Å². The molecule has 53 heavy (non-hydrogen) atoms. The molecule has 0 aliphatic carbocycles. The molecule has 2 aromatic heterocycles. The Kier molecular flexibility index (Phi) is 6.76. The SMILES string of the molecule is c1ccc(-c2ccc3oc4c(N(c5ccc(-c6cccc7c6sc6ccccc67)cc5)c5ccc6ccc7ccccc7c6c5)cccc4c3c2)cc1. The van der Waals surface area contributed by atoms with E-state index in [4.69, 9.17) is 4.42 Å². The van der Waals surface area contributed by atoms with Crippen LogP contribution in [0.4, 0.5) is 17.1 Å². The zero-order valence-electron chi connectivity index (χ0n) is 28.7. The van der Waals surface area contributed by atoms with Crippen LogP contribution in [0.2, 0.25) is 0 Å². The topological polar surface area (TPSA) is 16.4 Å². The second-order valence-corrected chi connectivity index (χ2v) is 14.7. The molecule has 0 saturated heterocycles. The molecule has 11 rings (SSSR count). The smallest absolute Gasteiger partial charge is 0.159 e. The molecule has 0 atom stereocenters. The van der Waals surface area contributed by atoms with E-state index < -0.39 is 0 Å². The molecule has 0 unspecified atom stereocenters. The third kappa shape index (κ3) is 4.86. The van der Waals surface area contributed by atoms with Crippen LogP contribution in [0.15, 0.2) is 192 Å². The summed E-state index contributed by atoms with van der Waals surface area (Å²) in [6, 6.07) is 67.9. The maximum atomic E-state index is 6.79. The van der Waals surface area contributed by atoms with E-state index in [0.717, 1.165) is 39.0 Å². The molecule has 0 N–H and O–H groups in total. The van der Waals surface area contributed by atoms with Crippen molar-refractivity contribution in [2.75, 3.05) is 4.90 Å². The van der Waals surface area contributed by atoms with Crippen LogP contribution in [0.3, 0.4) is 0 Å². The second-order valence-electron chi connectivity index (χ2n) is 13.7. The van der Waals surface area contributed by atoms with Crippen molar-refractivity contribution in [1.82, 2.24) is 0 Å². The minimum atomic E-state index is 0.866. The number of hydrogen-bond donors (Lipinski definition) is 0. The van der Waals surface area contributed by atoms with Gasteiger partial charge in [0.05, 0.1) is 5.69 Å². The van der Waals surface area contributed by atoms with Gasteiger partial charge in [0.25, 0.3) is 0 Å². The van der Waals surface area contributed by atoms with Crippen molar-refractivity contribution in [2.24, 2.45) is 0 Å². The highest BCUT2D eigenvalue weighted by Gasteiger charge is 2.21. The number of para-hydroxylation sites is 1. The van der Waals surface area contributed by atoms with E-state index in [9.17, 15) is 0 Å². The predicted octanol–water partition coefficient (Wildman–Crippen LogP) is 15.1. The third-order valence-electron chi connectivity index (χ3n) is 10.7. The summed E-state index contributed by atoms with van der Waals surface area (Å²) in [7, 11) is 0. The number of fused-ring (bicyclic) bond motifs is 9. The monoisotopic (exact) mass is 693 g/mol. The predicted molar refractivity (Wildman–Crippen MR) is 227 cm³/mol. The second kappa shape index (κ2) is 11.9. The molecule has 0 aliphatic rings. The lowest BCUT2D eigenvalue weighted by molar-refractivity contribution is 0.669. The highest BCUT2D eigenvalue weighted by molar-refractivity contribution is 7.26. The van der Waals surface area contributed by atoms with Crippen LogP contribution in [0.25, 0.3) is 85.9 Å². The van der Waals surface area contributed by atoms with E-state index in [1.54, 1.807) is 0 Å². The van der Waals surface area contributed by atoms with Crippen LogP contribution in [0.1, 0.15) is 0 Å². The Hall–Kier alpha value is -6.68. The minimum Gasteiger partial charge on any atom is -0.454 e. The Balaban J connectivity index is 1.11. The molecular weight excluding hydrogens is 663 g/mol. The molecule has 0 radical (unpaired) electrons. The maximum Gasteiger partial charge on any atom is 0.159 e. The molecule has 2 nitrogen and oxygen atoms in total. The van der Waals surface area contributed by atoms with Crippen molar-refractivity contribution in [3.05, 3.63) is 188 Å². The molecule has 248 valence electrons. The highest BCUT2D eigenvalue weighted by atomic mass is 32.1. The van der Waals surface area contributed by atoms with E-state index in [1.165, 1.54) is 64.0 Å². The summed E-state index contributed by atoms with van der Waals surface area (Å²) in [6.07, 6.45) is 0. The van der Waals surface area contributed by atoms with Crippen molar-refractivity contribution in [2.45, 2.75) is 0 Å². The first-order valence-corrected chi connectivity index (χ1v) is 18.8. The summed E-state index contributed by atoms with van der Waals surface area (Å²) in [5, 5.41) is 9.75. The van der Waals surface area contributed by atoms with Crippen molar-refractivity contribution in [3.8, 4) is 22.3 Å². The largest absolute Gasteiger partial charge is 0.454 e. The molecule has 0 bridgehead atoms. The average molecular weight is 694 g/mol. The number of furan rings is 1. The van der Waals surface area contributed by atoms with E-state index in [2.05, 4.69) is 193 Å². The van der Waals surface area contributed by atoms with Crippen molar-refractivity contribution < 1.29 is 4.42 Å². The fraction of sp³-hybridized carbons (Fsp3) is 0. The molecule has 0 spiro atoms. The van der Waals surface area contributed by atoms with E-state index >= 15 is 0 Å². The van der Waals surface area contributed by atoms with Crippen LogP contribution < -0.4 is 4.90 Å². The number of nitrogens with zero attached hydrogens (tertiary/aromatic N) is 1. The summed E-state index contributed by atoms with van der Waals surface area (Å²) in [6.45, 7) is 0. The molecule has 3 heteroatoms. The lowest BCUT2D eigenvalue weighted by atomic mass is 10.00. The zero-order valence-corrected chi connectivity index (χ0v) is 29.5. The summed E-state index contributed by atoms with van der Waals surface area (Å²) < 4.78 is 9.42. The average Bonchev–Trinajstić information content (AvgIpc) is 3.80. The van der Waals surface area contributed by atoms with Gasteiger partial charge in [-0.15, -0.1) is 11.3 Å².